The fourth-order valence-electron chi connectivity index (χ4n) is 5.16. The number of nitrogens with one attached hydrogen (secondary N) is 1. The van der Waals surface area contributed by atoms with E-state index in [1.165, 1.54) is 12.1 Å². The standard InChI is InChI=1S/C34H26FN2OPS/c35-27-22-20-25(21-23-27)24-36-34(38)37-31-19-11-10-18-30(31)33(32(37)26-12-4-1-5-13-26)39(40,28-14-6-2-7-15-28)29-16-8-3-9-17-29/h1-23H,24H2,(H,36,38). The molecule has 6 rings (SSSR count). The lowest BCUT2D eigenvalue weighted by Gasteiger charge is -2.25. The number of hydrogen-bond donors (Lipinski definition) is 1. The van der Waals surface area contributed by atoms with E-state index in [-0.39, 0.29) is 18.4 Å². The van der Waals surface area contributed by atoms with Gasteiger partial charge in [0.15, 0.2) is 0 Å². The van der Waals surface area contributed by atoms with Crippen molar-refractivity contribution in [2.24, 2.45) is 0 Å². The van der Waals surface area contributed by atoms with Crippen LogP contribution in [0, 0.1) is 5.82 Å². The second-order valence-electron chi connectivity index (χ2n) is 9.48. The number of halogens is 1. The molecule has 5 aromatic carbocycles. The lowest BCUT2D eigenvalue weighted by atomic mass is 10.1. The Labute approximate surface area is 237 Å². The van der Waals surface area contributed by atoms with Gasteiger partial charge in [-0.1, -0.05) is 133 Å². The fraction of sp³-hybridized carbons (Fsp3) is 0.0294. The van der Waals surface area contributed by atoms with Crippen LogP contribution < -0.4 is 21.2 Å². The van der Waals surface area contributed by atoms with E-state index in [1.807, 2.05) is 84.9 Å². The molecular formula is C34H26FN2OPS. The first-order valence-corrected chi connectivity index (χ1v) is 15.8. The van der Waals surface area contributed by atoms with E-state index >= 15 is 0 Å². The van der Waals surface area contributed by atoms with Crippen LogP contribution in [0.1, 0.15) is 5.56 Å². The molecule has 1 N–H and O–H groups in total. The second kappa shape index (κ2) is 11.1. The molecule has 0 unspecified atom stereocenters. The summed E-state index contributed by atoms with van der Waals surface area (Å²) >= 11 is 6.80. The molecule has 0 aliphatic carbocycles. The van der Waals surface area contributed by atoms with E-state index in [0.29, 0.717) is 0 Å². The minimum atomic E-state index is -2.64. The van der Waals surface area contributed by atoms with E-state index in [4.69, 9.17) is 11.8 Å². The van der Waals surface area contributed by atoms with Crippen molar-refractivity contribution in [1.82, 2.24) is 9.88 Å². The predicted molar refractivity (Wildman–Crippen MR) is 167 cm³/mol. The van der Waals surface area contributed by atoms with E-state index in [0.717, 1.165) is 43.6 Å². The number of para-hydroxylation sites is 1. The molecule has 1 amide bonds. The van der Waals surface area contributed by atoms with E-state index < -0.39 is 6.04 Å². The number of aromatic nitrogens is 1. The van der Waals surface area contributed by atoms with Crippen molar-refractivity contribution in [3.8, 4) is 11.3 Å². The number of hydrogen-bond acceptors (Lipinski definition) is 2. The van der Waals surface area contributed by atoms with Gasteiger partial charge in [0, 0.05) is 23.3 Å². The number of carbonyl (C=O) groups excluding carboxylic acids is 1. The Bertz CT molecular complexity index is 1790. The van der Waals surface area contributed by atoms with Crippen molar-refractivity contribution in [3.63, 3.8) is 0 Å². The third-order valence-corrected chi connectivity index (χ3v) is 12.0. The molecule has 0 aliphatic rings. The average Bonchev–Trinajstić information content (AvgIpc) is 3.37. The fourth-order valence-corrected chi connectivity index (χ4v) is 9.50. The topological polar surface area (TPSA) is 34.0 Å². The third-order valence-electron chi connectivity index (χ3n) is 7.01. The zero-order valence-corrected chi connectivity index (χ0v) is 23.3. The Morgan fingerprint density at radius 1 is 0.700 bits per heavy atom. The van der Waals surface area contributed by atoms with E-state index in [1.54, 1.807) is 16.7 Å². The molecule has 0 bridgehead atoms. The van der Waals surface area contributed by atoms with Gasteiger partial charge < -0.3 is 5.32 Å². The van der Waals surface area contributed by atoms with Crippen LogP contribution in [0.4, 0.5) is 9.18 Å². The summed E-state index contributed by atoms with van der Waals surface area (Å²) in [6, 6.07) is 41.7. The highest BCUT2D eigenvalue weighted by Crippen LogP contribution is 2.48. The minimum Gasteiger partial charge on any atom is -0.333 e. The molecule has 0 saturated carbocycles. The van der Waals surface area contributed by atoms with Crippen LogP contribution in [0.3, 0.4) is 0 Å². The molecule has 6 aromatic rings. The Morgan fingerprint density at radius 2 is 1.23 bits per heavy atom. The van der Waals surface area contributed by atoms with Crippen LogP contribution in [0.2, 0.25) is 0 Å². The third kappa shape index (κ3) is 4.68. The van der Waals surface area contributed by atoms with Crippen molar-refractivity contribution in [3.05, 3.63) is 151 Å². The summed E-state index contributed by atoms with van der Waals surface area (Å²) in [5.41, 5.74) is 3.29. The first kappa shape index (κ1) is 25.9. The van der Waals surface area contributed by atoms with Crippen LogP contribution >= 0.6 is 6.04 Å². The zero-order valence-electron chi connectivity index (χ0n) is 21.6. The number of carbonyl (C=O) groups is 1. The lowest BCUT2D eigenvalue weighted by molar-refractivity contribution is 0.243. The maximum absolute atomic E-state index is 14.1. The van der Waals surface area contributed by atoms with Crippen molar-refractivity contribution in [2.45, 2.75) is 6.54 Å². The molecule has 6 heteroatoms. The second-order valence-corrected chi connectivity index (χ2v) is 13.8. The summed E-state index contributed by atoms with van der Waals surface area (Å²) in [6.45, 7) is 0.265. The van der Waals surface area contributed by atoms with Crippen LogP contribution in [-0.2, 0) is 18.4 Å². The average molecular weight is 561 g/mol. The number of nitrogens with zero attached hydrogens (tertiary/aromatic N) is 1. The van der Waals surface area contributed by atoms with Crippen molar-refractivity contribution in [1.29, 1.82) is 0 Å². The van der Waals surface area contributed by atoms with Gasteiger partial charge >= 0.3 is 6.03 Å². The molecule has 1 aromatic heterocycles. The molecular weight excluding hydrogens is 534 g/mol. The molecule has 3 nitrogen and oxygen atoms in total. The zero-order chi connectivity index (χ0) is 27.5. The quantitative estimate of drug-likeness (QED) is 0.224. The first-order chi connectivity index (χ1) is 19.6. The molecule has 0 saturated heterocycles. The molecule has 0 atom stereocenters. The summed E-state index contributed by atoms with van der Waals surface area (Å²) in [7, 11) is 0. The number of amides is 1. The van der Waals surface area contributed by atoms with Crippen molar-refractivity contribution in [2.75, 3.05) is 0 Å². The van der Waals surface area contributed by atoms with Gasteiger partial charge in [0.1, 0.15) is 5.82 Å². The summed E-state index contributed by atoms with van der Waals surface area (Å²) in [5.74, 6) is -0.310. The van der Waals surface area contributed by atoms with Gasteiger partial charge in [-0.2, -0.15) is 0 Å². The summed E-state index contributed by atoms with van der Waals surface area (Å²) in [6.07, 6.45) is 0. The van der Waals surface area contributed by atoms with Gasteiger partial charge in [-0.25, -0.2) is 9.18 Å². The molecule has 0 aliphatic heterocycles. The Kier molecular flexibility index (Phi) is 7.17. The lowest BCUT2D eigenvalue weighted by Crippen LogP contribution is -2.30. The van der Waals surface area contributed by atoms with Crippen LogP contribution in [0.25, 0.3) is 22.2 Å². The van der Waals surface area contributed by atoms with Gasteiger partial charge in [0.05, 0.1) is 11.2 Å². The highest BCUT2D eigenvalue weighted by Gasteiger charge is 2.34. The molecule has 0 fully saturated rings. The molecule has 1 heterocycles. The van der Waals surface area contributed by atoms with E-state index in [9.17, 15) is 9.18 Å². The molecule has 0 spiro atoms. The highest BCUT2D eigenvalue weighted by molar-refractivity contribution is 8.25. The maximum Gasteiger partial charge on any atom is 0.326 e. The van der Waals surface area contributed by atoms with Gasteiger partial charge in [0.25, 0.3) is 0 Å². The first-order valence-electron chi connectivity index (χ1n) is 13.0. The minimum absolute atomic E-state index is 0.265. The van der Waals surface area contributed by atoms with Gasteiger partial charge in [0.2, 0.25) is 0 Å². The highest BCUT2D eigenvalue weighted by atomic mass is 32.4. The van der Waals surface area contributed by atoms with Gasteiger partial charge in [-0.3, -0.25) is 4.57 Å². The van der Waals surface area contributed by atoms with Crippen LogP contribution in [0.5, 0.6) is 0 Å². The Hall–Kier alpha value is -4.31. The molecule has 196 valence electrons. The van der Waals surface area contributed by atoms with Crippen molar-refractivity contribution < 1.29 is 9.18 Å². The van der Waals surface area contributed by atoms with E-state index in [2.05, 4.69) is 35.6 Å². The SMILES string of the molecule is O=C(NCc1ccc(F)cc1)n1c(-c2ccccc2)c(P(=S)(c2ccccc2)c2ccccc2)c2ccccc21. The largest absolute Gasteiger partial charge is 0.333 e. The maximum atomic E-state index is 14.1. The number of benzene rings is 5. The normalized spacial score (nSPS) is 11.4. The van der Waals surface area contributed by atoms with Crippen molar-refractivity contribution >= 4 is 50.7 Å². The smallest absolute Gasteiger partial charge is 0.326 e. The molecule has 40 heavy (non-hydrogen) atoms. The van der Waals surface area contributed by atoms with Gasteiger partial charge in [-0.15, -0.1) is 0 Å². The van der Waals surface area contributed by atoms with Crippen LogP contribution in [-0.4, -0.2) is 10.6 Å². The summed E-state index contributed by atoms with van der Waals surface area (Å²) < 4.78 is 15.2. The Morgan fingerprint density at radius 3 is 1.82 bits per heavy atom. The monoisotopic (exact) mass is 560 g/mol. The number of fused-ring (bicyclic) bond motifs is 1. The summed E-state index contributed by atoms with van der Waals surface area (Å²) in [4.78, 5) is 14.1. The summed E-state index contributed by atoms with van der Waals surface area (Å²) in [5, 5.41) is 7.12. The van der Waals surface area contributed by atoms with Gasteiger partial charge in [-0.05, 0) is 39.9 Å². The molecule has 0 radical (unpaired) electrons. The predicted octanol–water partition coefficient (Wildman–Crippen LogP) is 6.96. The Balaban J connectivity index is 1.64. The van der Waals surface area contributed by atoms with Crippen LogP contribution in [0.15, 0.2) is 140 Å². The number of rotatable bonds is 6.